The number of pyridine rings is 4. The van der Waals surface area contributed by atoms with E-state index in [0.717, 1.165) is 26.4 Å². The molecule has 0 aliphatic heterocycles. The summed E-state index contributed by atoms with van der Waals surface area (Å²) in [6, 6.07) is 18.8. The Morgan fingerprint density at radius 1 is 0.677 bits per heavy atom. The van der Waals surface area contributed by atoms with Crippen molar-refractivity contribution in [2.24, 2.45) is 0 Å². The minimum atomic E-state index is 0.541. The lowest BCUT2D eigenvalue weighted by molar-refractivity contribution is 1.22. The van der Waals surface area contributed by atoms with E-state index in [0.29, 0.717) is 11.6 Å². The molecule has 4 rings (SSSR count). The topological polar surface area (TPSA) is 116 Å². The Morgan fingerprint density at radius 3 is 1.77 bits per heavy atom. The van der Waals surface area contributed by atoms with Crippen molar-refractivity contribution in [1.29, 1.82) is 0 Å². The summed E-state index contributed by atoms with van der Waals surface area (Å²) in [6.45, 7) is 4.01. The summed E-state index contributed by atoms with van der Waals surface area (Å²) in [7, 11) is 0. The van der Waals surface area contributed by atoms with Crippen molar-refractivity contribution in [1.82, 2.24) is 19.9 Å². The lowest BCUT2D eigenvalue weighted by atomic mass is 10.3. The Balaban J connectivity index is 0.000000181. The molecule has 0 aromatic carbocycles. The largest absolute Gasteiger partial charge is 0.384 e. The average molecular weight is 545 g/mol. The molecule has 0 atom stereocenters. The fraction of sp³-hybridized carbons (Fsp3) is 0.0909. The monoisotopic (exact) mass is 543 g/mol. The van der Waals surface area contributed by atoms with E-state index in [1.54, 1.807) is 18.5 Å². The molecule has 4 aromatic rings. The highest BCUT2D eigenvalue weighted by Gasteiger charge is 1.97. The summed E-state index contributed by atoms with van der Waals surface area (Å²) in [6.07, 6.45) is 3.47. The maximum absolute atomic E-state index is 5.35. The van der Waals surface area contributed by atoms with Crippen LogP contribution in [0.15, 0.2) is 82.3 Å². The number of nitrogens with zero attached hydrogens (tertiary/aromatic N) is 4. The molecule has 0 spiro atoms. The van der Waals surface area contributed by atoms with Crippen molar-refractivity contribution in [3.63, 3.8) is 0 Å². The predicted octanol–water partition coefficient (Wildman–Crippen LogP) is 5.69. The van der Waals surface area contributed by atoms with Crippen LogP contribution < -0.4 is 16.8 Å². The first kappa shape index (κ1) is 24.2. The summed E-state index contributed by atoms with van der Waals surface area (Å²) in [5.74, 6) is 2.72. The predicted molar refractivity (Wildman–Crippen MR) is 134 cm³/mol. The third-order valence-corrected chi connectivity index (χ3v) is 4.44. The van der Waals surface area contributed by atoms with E-state index in [2.05, 4.69) is 57.1 Å². The Kier molecular flexibility index (Phi) is 9.86. The highest BCUT2D eigenvalue weighted by molar-refractivity contribution is 9.10. The van der Waals surface area contributed by atoms with Gasteiger partial charge in [0.1, 0.15) is 32.5 Å². The lowest BCUT2D eigenvalue weighted by Crippen LogP contribution is -1.95. The van der Waals surface area contributed by atoms with Gasteiger partial charge in [-0.25, -0.2) is 19.9 Å². The van der Waals surface area contributed by atoms with E-state index in [1.165, 1.54) is 5.56 Å². The normalized spacial score (nSPS) is 9.55. The van der Waals surface area contributed by atoms with Gasteiger partial charge in [0.05, 0.1) is 0 Å². The van der Waals surface area contributed by atoms with E-state index in [4.69, 9.17) is 11.5 Å². The summed E-state index contributed by atoms with van der Waals surface area (Å²) >= 11 is 6.49. The fourth-order valence-corrected chi connectivity index (χ4v) is 2.90. The molecule has 5 N–H and O–H groups in total. The molecule has 0 amide bonds. The van der Waals surface area contributed by atoms with Crippen LogP contribution in [0.1, 0.15) is 11.1 Å². The van der Waals surface area contributed by atoms with Gasteiger partial charge in [-0.05, 0) is 105 Å². The van der Waals surface area contributed by atoms with Crippen molar-refractivity contribution >= 4 is 55.1 Å². The van der Waals surface area contributed by atoms with E-state index in [1.807, 2.05) is 68.4 Å². The minimum Gasteiger partial charge on any atom is -0.384 e. The van der Waals surface area contributed by atoms with Crippen LogP contribution in [-0.4, -0.2) is 19.9 Å². The van der Waals surface area contributed by atoms with Gasteiger partial charge in [0, 0.05) is 12.4 Å². The van der Waals surface area contributed by atoms with Crippen LogP contribution in [0.2, 0.25) is 0 Å². The third kappa shape index (κ3) is 10.0. The van der Waals surface area contributed by atoms with Crippen LogP contribution in [0.25, 0.3) is 0 Å². The highest BCUT2D eigenvalue weighted by Crippen LogP contribution is 2.15. The van der Waals surface area contributed by atoms with Gasteiger partial charge in [0.15, 0.2) is 0 Å². The standard InChI is InChI=1S/C11H10BrN3.C6H8N2.C5H5BrN2/c1-8-5-6-13-11(7-8)15-10-4-2-3-9(12)14-10;1-5-2-3-8-6(7)4-5;6-4-2-1-3-5(7)8-4/h2-7H,1H3,(H,13,14,15);2-4H,1H3,(H2,7,8);1-3H,(H2,7,8). The first-order valence-corrected chi connectivity index (χ1v) is 10.8. The number of aryl methyl sites for hydroxylation is 2. The molecule has 0 unspecified atom stereocenters. The molecule has 4 heterocycles. The van der Waals surface area contributed by atoms with Gasteiger partial charge in [-0.3, -0.25) is 0 Å². The number of rotatable bonds is 2. The summed E-state index contributed by atoms with van der Waals surface area (Å²) < 4.78 is 1.58. The van der Waals surface area contributed by atoms with Gasteiger partial charge in [0.25, 0.3) is 0 Å². The lowest BCUT2D eigenvalue weighted by Gasteiger charge is -2.04. The van der Waals surface area contributed by atoms with Crippen molar-refractivity contribution in [3.05, 3.63) is 93.4 Å². The molecule has 0 fully saturated rings. The van der Waals surface area contributed by atoms with E-state index in [9.17, 15) is 0 Å². The van der Waals surface area contributed by atoms with Gasteiger partial charge in [0.2, 0.25) is 0 Å². The van der Waals surface area contributed by atoms with Crippen LogP contribution in [0, 0.1) is 13.8 Å². The number of anilines is 4. The van der Waals surface area contributed by atoms with Gasteiger partial charge < -0.3 is 16.8 Å². The zero-order chi connectivity index (χ0) is 22.6. The van der Waals surface area contributed by atoms with E-state index >= 15 is 0 Å². The molecule has 0 saturated carbocycles. The molecule has 9 heteroatoms. The van der Waals surface area contributed by atoms with Gasteiger partial charge >= 0.3 is 0 Å². The number of nitrogen functional groups attached to an aromatic ring is 2. The van der Waals surface area contributed by atoms with Crippen LogP contribution >= 0.6 is 31.9 Å². The maximum Gasteiger partial charge on any atom is 0.132 e. The third-order valence-electron chi connectivity index (χ3n) is 3.56. The molecule has 7 nitrogen and oxygen atoms in total. The zero-order valence-corrected chi connectivity index (χ0v) is 20.3. The minimum absolute atomic E-state index is 0.541. The van der Waals surface area contributed by atoms with Crippen molar-refractivity contribution < 1.29 is 0 Å². The van der Waals surface area contributed by atoms with Gasteiger partial charge in [-0.2, -0.15) is 0 Å². The number of aromatic nitrogens is 4. The molecular weight excluding hydrogens is 522 g/mol. The molecule has 0 aliphatic rings. The molecule has 0 saturated heterocycles. The zero-order valence-electron chi connectivity index (χ0n) is 17.1. The molecule has 0 bridgehead atoms. The van der Waals surface area contributed by atoms with Crippen molar-refractivity contribution in [2.75, 3.05) is 16.8 Å². The summed E-state index contributed by atoms with van der Waals surface area (Å²) in [5, 5.41) is 3.13. The number of nitrogens with two attached hydrogens (primary N) is 2. The van der Waals surface area contributed by atoms with Crippen molar-refractivity contribution in [3.8, 4) is 0 Å². The maximum atomic E-state index is 5.35. The van der Waals surface area contributed by atoms with Gasteiger partial charge in [-0.1, -0.05) is 12.1 Å². The molecule has 160 valence electrons. The SMILES string of the molecule is Cc1ccnc(N)c1.Cc1ccnc(Nc2cccc(Br)n2)c1.Nc1cccc(Br)n1. The van der Waals surface area contributed by atoms with Crippen molar-refractivity contribution in [2.45, 2.75) is 13.8 Å². The number of hydrogen-bond acceptors (Lipinski definition) is 7. The first-order valence-electron chi connectivity index (χ1n) is 9.20. The Bertz CT molecular complexity index is 985. The number of nitrogens with one attached hydrogen (secondary N) is 1. The fourth-order valence-electron chi connectivity index (χ4n) is 2.20. The summed E-state index contributed by atoms with van der Waals surface area (Å²) in [5.41, 5.74) is 13.0. The summed E-state index contributed by atoms with van der Waals surface area (Å²) in [4.78, 5) is 16.1. The second-order valence-corrected chi connectivity index (χ2v) is 7.96. The molecule has 4 aromatic heterocycles. The van der Waals surface area contributed by atoms with Crippen LogP contribution in [-0.2, 0) is 0 Å². The smallest absolute Gasteiger partial charge is 0.132 e. The molecule has 31 heavy (non-hydrogen) atoms. The first-order chi connectivity index (χ1) is 14.8. The highest BCUT2D eigenvalue weighted by atomic mass is 79.9. The molecule has 0 radical (unpaired) electrons. The van der Waals surface area contributed by atoms with E-state index in [-0.39, 0.29) is 0 Å². The average Bonchev–Trinajstić information content (AvgIpc) is 2.69. The molecular formula is C22H23Br2N7. The quantitative estimate of drug-likeness (QED) is 0.277. The second kappa shape index (κ2) is 12.6. The van der Waals surface area contributed by atoms with Crippen LogP contribution in [0.5, 0.6) is 0 Å². The number of halogens is 2. The van der Waals surface area contributed by atoms with Crippen LogP contribution in [0.3, 0.4) is 0 Å². The molecule has 0 aliphatic carbocycles. The Morgan fingerprint density at radius 2 is 1.29 bits per heavy atom. The Labute approximate surface area is 198 Å². The number of hydrogen-bond donors (Lipinski definition) is 3. The second-order valence-electron chi connectivity index (χ2n) is 6.33. The van der Waals surface area contributed by atoms with Gasteiger partial charge in [-0.15, -0.1) is 0 Å². The van der Waals surface area contributed by atoms with E-state index < -0.39 is 0 Å². The Hall–Kier alpha value is -3.04. The van der Waals surface area contributed by atoms with Crippen LogP contribution in [0.4, 0.5) is 23.3 Å².